The second kappa shape index (κ2) is 11.1. The maximum absolute atomic E-state index is 12.4. The molecule has 1 aromatic heterocycles. The van der Waals surface area contributed by atoms with Gasteiger partial charge in [-0.2, -0.15) is 0 Å². The summed E-state index contributed by atoms with van der Waals surface area (Å²) in [6.45, 7) is 1.24. The average molecular weight is 518 g/mol. The number of thioether (sulfide) groups is 1. The summed E-state index contributed by atoms with van der Waals surface area (Å²) in [6, 6.07) is 14.3. The summed E-state index contributed by atoms with van der Waals surface area (Å²) in [5.41, 5.74) is 1.88. The lowest BCUT2D eigenvalue weighted by molar-refractivity contribution is -0.119. The molecule has 12 heteroatoms. The van der Waals surface area contributed by atoms with Crippen LogP contribution in [-0.4, -0.2) is 67.5 Å². The topological polar surface area (TPSA) is 124 Å². The van der Waals surface area contributed by atoms with Gasteiger partial charge in [0.15, 0.2) is 11.0 Å². The number of nitrogens with zero attached hydrogens (tertiary/aromatic N) is 3. The Morgan fingerprint density at radius 2 is 1.97 bits per heavy atom. The molecule has 1 aliphatic rings. The van der Waals surface area contributed by atoms with E-state index in [1.807, 2.05) is 28.8 Å². The lowest BCUT2D eigenvalue weighted by Gasteiger charge is -2.14. The Morgan fingerprint density at radius 1 is 1.20 bits per heavy atom. The van der Waals surface area contributed by atoms with Gasteiger partial charge in [-0.15, -0.1) is 10.2 Å². The molecule has 35 heavy (non-hydrogen) atoms. The van der Waals surface area contributed by atoms with E-state index in [-0.39, 0.29) is 17.8 Å². The van der Waals surface area contributed by atoms with E-state index in [1.54, 1.807) is 31.4 Å². The molecule has 2 N–H and O–H groups in total. The van der Waals surface area contributed by atoms with Crippen LogP contribution < -0.4 is 14.8 Å². The number of ether oxygens (including phenoxy) is 2. The highest BCUT2D eigenvalue weighted by Gasteiger charge is 2.21. The lowest BCUT2D eigenvalue weighted by atomic mass is 10.2. The number of rotatable bonds is 10. The summed E-state index contributed by atoms with van der Waals surface area (Å²) in [5.74, 6) is 1.20. The number of nitrogens with one attached hydrogen (secondary N) is 2. The van der Waals surface area contributed by atoms with Gasteiger partial charge in [-0.1, -0.05) is 23.9 Å². The second-order valence-electron chi connectivity index (χ2n) is 7.99. The molecular weight excluding hydrogens is 490 g/mol. The standard InChI is InChI=1S/C23H27N5O5S2/c1-32-20-8-4-3-7-19(20)28-22(16-9-11-17(12-10-16)27-35(2,30)31)25-26-23(28)34-15-21(29)24-14-18-6-5-13-33-18/h3-4,7-12,18,27H,5-6,13-15H2,1-2H3,(H,24,29). The molecule has 0 spiro atoms. The maximum atomic E-state index is 12.4. The zero-order valence-electron chi connectivity index (χ0n) is 19.4. The second-order valence-corrected chi connectivity index (χ2v) is 10.7. The van der Waals surface area contributed by atoms with Crippen molar-refractivity contribution in [2.75, 3.05) is 37.0 Å². The summed E-state index contributed by atoms with van der Waals surface area (Å²) in [4.78, 5) is 12.4. The number of para-hydroxylation sites is 2. The molecule has 1 saturated heterocycles. The smallest absolute Gasteiger partial charge is 0.230 e. The number of carbonyl (C=O) groups excluding carboxylic acids is 1. The minimum atomic E-state index is -3.39. The predicted octanol–water partition coefficient (Wildman–Crippen LogP) is 2.70. The van der Waals surface area contributed by atoms with Crippen LogP contribution in [0, 0.1) is 0 Å². The number of aromatic nitrogens is 3. The van der Waals surface area contributed by atoms with Gasteiger partial charge in [-0.05, 0) is 49.2 Å². The van der Waals surface area contributed by atoms with E-state index in [1.165, 1.54) is 11.8 Å². The fraction of sp³-hybridized carbons (Fsp3) is 0.348. The van der Waals surface area contributed by atoms with Crippen LogP contribution in [0.1, 0.15) is 12.8 Å². The largest absolute Gasteiger partial charge is 0.495 e. The van der Waals surface area contributed by atoms with Gasteiger partial charge >= 0.3 is 0 Å². The molecular formula is C23H27N5O5S2. The van der Waals surface area contributed by atoms with Crippen LogP contribution >= 0.6 is 11.8 Å². The third kappa shape index (κ3) is 6.53. The molecule has 10 nitrogen and oxygen atoms in total. The molecule has 3 aromatic rings. The van der Waals surface area contributed by atoms with Gasteiger partial charge in [0.25, 0.3) is 0 Å². The first-order chi connectivity index (χ1) is 16.8. The van der Waals surface area contributed by atoms with Gasteiger partial charge in [-0.25, -0.2) is 8.42 Å². The molecule has 4 rings (SSSR count). The van der Waals surface area contributed by atoms with E-state index in [4.69, 9.17) is 9.47 Å². The summed E-state index contributed by atoms with van der Waals surface area (Å²) in [7, 11) is -1.80. The first-order valence-electron chi connectivity index (χ1n) is 11.0. The Balaban J connectivity index is 1.59. The normalized spacial score (nSPS) is 15.7. The number of hydrogen-bond donors (Lipinski definition) is 2. The van der Waals surface area contributed by atoms with Crippen LogP contribution in [0.4, 0.5) is 5.69 Å². The van der Waals surface area contributed by atoms with Crippen molar-refractivity contribution >= 4 is 33.4 Å². The molecule has 0 aliphatic carbocycles. The van der Waals surface area contributed by atoms with Gasteiger partial charge in [0.05, 0.1) is 30.9 Å². The molecule has 0 saturated carbocycles. The molecule has 1 unspecified atom stereocenters. The first kappa shape index (κ1) is 25.0. The highest BCUT2D eigenvalue weighted by atomic mass is 32.2. The number of methoxy groups -OCH3 is 1. The van der Waals surface area contributed by atoms with Crippen LogP contribution in [0.2, 0.25) is 0 Å². The minimum absolute atomic E-state index is 0.0768. The molecule has 1 atom stereocenters. The summed E-state index contributed by atoms with van der Waals surface area (Å²) in [5, 5.41) is 12.2. The SMILES string of the molecule is COc1ccccc1-n1c(SCC(=O)NCC2CCCO2)nnc1-c1ccc(NS(C)(=O)=O)cc1. The van der Waals surface area contributed by atoms with Crippen molar-refractivity contribution in [1.82, 2.24) is 20.1 Å². The minimum Gasteiger partial charge on any atom is -0.495 e. The molecule has 1 aliphatic heterocycles. The molecule has 2 aromatic carbocycles. The van der Waals surface area contributed by atoms with Gasteiger partial charge in [-0.3, -0.25) is 14.1 Å². The van der Waals surface area contributed by atoms with Crippen molar-refractivity contribution in [2.45, 2.75) is 24.1 Å². The quantitative estimate of drug-likeness (QED) is 0.394. The summed E-state index contributed by atoms with van der Waals surface area (Å²) < 4.78 is 38.4. The lowest BCUT2D eigenvalue weighted by Crippen LogP contribution is -2.32. The van der Waals surface area contributed by atoms with Crippen molar-refractivity contribution in [2.24, 2.45) is 0 Å². The van der Waals surface area contributed by atoms with Crippen molar-refractivity contribution in [3.63, 3.8) is 0 Å². The van der Waals surface area contributed by atoms with Crippen LogP contribution in [0.3, 0.4) is 0 Å². The third-order valence-electron chi connectivity index (χ3n) is 5.29. The monoisotopic (exact) mass is 517 g/mol. The molecule has 186 valence electrons. The van der Waals surface area contributed by atoms with Crippen molar-refractivity contribution < 1.29 is 22.7 Å². The number of amides is 1. The Bertz CT molecular complexity index is 1270. The van der Waals surface area contributed by atoms with E-state index in [9.17, 15) is 13.2 Å². The summed E-state index contributed by atoms with van der Waals surface area (Å²) in [6.07, 6.45) is 3.15. The van der Waals surface area contributed by atoms with E-state index >= 15 is 0 Å². The van der Waals surface area contributed by atoms with Gasteiger partial charge in [0.2, 0.25) is 15.9 Å². The zero-order valence-corrected chi connectivity index (χ0v) is 21.1. The summed E-state index contributed by atoms with van der Waals surface area (Å²) >= 11 is 1.27. The van der Waals surface area contributed by atoms with Gasteiger partial charge in [0, 0.05) is 24.4 Å². The molecule has 0 radical (unpaired) electrons. The maximum Gasteiger partial charge on any atom is 0.230 e. The fourth-order valence-corrected chi connectivity index (χ4v) is 5.04. The van der Waals surface area contributed by atoms with Crippen molar-refractivity contribution in [1.29, 1.82) is 0 Å². The fourth-order valence-electron chi connectivity index (χ4n) is 3.70. The predicted molar refractivity (Wildman–Crippen MR) is 135 cm³/mol. The van der Waals surface area contributed by atoms with Crippen molar-refractivity contribution in [3.8, 4) is 22.8 Å². The van der Waals surface area contributed by atoms with Crippen LogP contribution in [0.25, 0.3) is 17.1 Å². The average Bonchev–Trinajstić information content (AvgIpc) is 3.51. The highest BCUT2D eigenvalue weighted by Crippen LogP contribution is 2.33. The number of hydrogen-bond acceptors (Lipinski definition) is 8. The Labute approximate surface area is 208 Å². The molecule has 2 heterocycles. The molecule has 1 fully saturated rings. The Hall–Kier alpha value is -3.09. The number of carbonyl (C=O) groups is 1. The van der Waals surface area contributed by atoms with E-state index in [2.05, 4.69) is 20.2 Å². The zero-order chi connectivity index (χ0) is 24.8. The van der Waals surface area contributed by atoms with Crippen LogP contribution in [0.15, 0.2) is 53.7 Å². The van der Waals surface area contributed by atoms with E-state index in [0.717, 1.165) is 37.0 Å². The molecule has 0 bridgehead atoms. The molecule has 1 amide bonds. The van der Waals surface area contributed by atoms with Gasteiger partial charge in [0.1, 0.15) is 5.75 Å². The third-order valence-corrected chi connectivity index (χ3v) is 6.82. The Morgan fingerprint density at radius 3 is 2.66 bits per heavy atom. The van der Waals surface area contributed by atoms with Gasteiger partial charge < -0.3 is 14.8 Å². The van der Waals surface area contributed by atoms with Crippen LogP contribution in [-0.2, 0) is 19.6 Å². The Kier molecular flexibility index (Phi) is 7.93. The number of anilines is 1. The van der Waals surface area contributed by atoms with Crippen molar-refractivity contribution in [3.05, 3.63) is 48.5 Å². The first-order valence-corrected chi connectivity index (χ1v) is 13.9. The van der Waals surface area contributed by atoms with E-state index < -0.39 is 10.0 Å². The number of sulfonamides is 1. The van der Waals surface area contributed by atoms with Crippen LogP contribution in [0.5, 0.6) is 5.75 Å². The number of benzene rings is 2. The highest BCUT2D eigenvalue weighted by molar-refractivity contribution is 7.99. The van der Waals surface area contributed by atoms with E-state index in [0.29, 0.717) is 29.0 Å².